The molecule has 0 saturated heterocycles. The van der Waals surface area contributed by atoms with Gasteiger partial charge in [0.15, 0.2) is 5.78 Å². The highest BCUT2D eigenvalue weighted by molar-refractivity contribution is 6.03. The summed E-state index contributed by atoms with van der Waals surface area (Å²) in [6.07, 6.45) is 0.825. The summed E-state index contributed by atoms with van der Waals surface area (Å²) in [5, 5.41) is 0. The van der Waals surface area contributed by atoms with Crippen LogP contribution in [0, 0.1) is 6.92 Å². The van der Waals surface area contributed by atoms with Crippen molar-refractivity contribution in [2.24, 2.45) is 0 Å². The second kappa shape index (κ2) is 7.23. The van der Waals surface area contributed by atoms with Gasteiger partial charge in [0.2, 0.25) is 5.91 Å². The van der Waals surface area contributed by atoms with Gasteiger partial charge >= 0.3 is 0 Å². The first-order valence-corrected chi connectivity index (χ1v) is 8.86. The molecule has 1 aromatic carbocycles. The molecule has 0 saturated carbocycles. The maximum Gasteiger partial charge on any atom is 0.254 e. The molecule has 1 aromatic heterocycles. The van der Waals surface area contributed by atoms with Gasteiger partial charge in [0.05, 0.1) is 6.54 Å². The van der Waals surface area contributed by atoms with E-state index < -0.39 is 0 Å². The Morgan fingerprint density at radius 1 is 1.27 bits per heavy atom. The smallest absolute Gasteiger partial charge is 0.254 e. The van der Waals surface area contributed by atoms with Crippen LogP contribution in [0.4, 0.5) is 5.69 Å². The lowest BCUT2D eigenvalue weighted by molar-refractivity contribution is -0.122. The number of fused-ring (bicyclic) bond motifs is 1. The molecule has 1 N–H and O–H groups in total. The van der Waals surface area contributed by atoms with E-state index in [9.17, 15) is 14.4 Å². The lowest BCUT2D eigenvalue weighted by atomic mass is 10.00. The van der Waals surface area contributed by atoms with Crippen LogP contribution in [0.25, 0.3) is 0 Å². The summed E-state index contributed by atoms with van der Waals surface area (Å²) in [6.45, 7) is 5.81. The quantitative estimate of drug-likeness (QED) is 0.914. The Kier molecular flexibility index (Phi) is 5.02. The van der Waals surface area contributed by atoms with Crippen molar-refractivity contribution >= 4 is 17.4 Å². The minimum Gasteiger partial charge on any atom is -0.310 e. The number of rotatable bonds is 4. The van der Waals surface area contributed by atoms with Crippen molar-refractivity contribution in [3.05, 3.63) is 57.3 Å². The first-order chi connectivity index (χ1) is 12.4. The molecule has 0 radical (unpaired) electrons. The third-order valence-corrected chi connectivity index (χ3v) is 4.68. The summed E-state index contributed by atoms with van der Waals surface area (Å²) in [5.74, 6) is 0.650. The number of aromatic nitrogens is 2. The van der Waals surface area contributed by atoms with Gasteiger partial charge in [0, 0.05) is 35.7 Å². The zero-order chi connectivity index (χ0) is 18.8. The average molecular weight is 353 g/mol. The molecular formula is C20H23N3O3. The number of carbonyl (C=O) groups excluding carboxylic acids is 2. The SMILES string of the molecule is Cc1nc(C(C)C)[nH]c(=O)c1CCC(=O)N1CC(=O)Cc2ccccc21. The molecule has 6 heteroatoms. The normalized spacial score (nSPS) is 13.8. The van der Waals surface area contributed by atoms with Crippen LogP contribution in [0.15, 0.2) is 29.1 Å². The van der Waals surface area contributed by atoms with Crippen LogP contribution in [-0.2, 0) is 22.4 Å². The molecule has 3 rings (SSSR count). The van der Waals surface area contributed by atoms with Gasteiger partial charge in [-0.15, -0.1) is 0 Å². The van der Waals surface area contributed by atoms with E-state index in [4.69, 9.17) is 0 Å². The van der Waals surface area contributed by atoms with Gasteiger partial charge in [0.25, 0.3) is 5.56 Å². The number of benzene rings is 1. The molecule has 1 amide bonds. The number of aromatic amines is 1. The molecule has 0 spiro atoms. The number of ketones is 1. The fraction of sp³-hybridized carbons (Fsp3) is 0.400. The van der Waals surface area contributed by atoms with Gasteiger partial charge in [-0.2, -0.15) is 0 Å². The fourth-order valence-electron chi connectivity index (χ4n) is 3.24. The van der Waals surface area contributed by atoms with E-state index in [0.717, 1.165) is 11.3 Å². The molecule has 136 valence electrons. The van der Waals surface area contributed by atoms with Crippen LogP contribution in [0.5, 0.6) is 0 Å². The number of para-hydroxylation sites is 1. The van der Waals surface area contributed by atoms with E-state index >= 15 is 0 Å². The van der Waals surface area contributed by atoms with Crippen molar-refractivity contribution < 1.29 is 9.59 Å². The van der Waals surface area contributed by atoms with Gasteiger partial charge < -0.3 is 9.88 Å². The molecule has 0 atom stereocenters. The van der Waals surface area contributed by atoms with E-state index in [1.54, 1.807) is 6.92 Å². The number of amides is 1. The fourth-order valence-corrected chi connectivity index (χ4v) is 3.24. The van der Waals surface area contributed by atoms with Gasteiger partial charge in [-0.3, -0.25) is 14.4 Å². The number of Topliss-reactive ketones (excluding diaryl/α,β-unsaturated/α-hetero) is 1. The molecular weight excluding hydrogens is 330 g/mol. The Labute approximate surface area is 152 Å². The van der Waals surface area contributed by atoms with Crippen LogP contribution in [0.2, 0.25) is 0 Å². The molecule has 0 fully saturated rings. The van der Waals surface area contributed by atoms with Crippen molar-refractivity contribution in [2.45, 2.75) is 46.0 Å². The summed E-state index contributed by atoms with van der Waals surface area (Å²) in [4.78, 5) is 45.8. The predicted octanol–water partition coefficient (Wildman–Crippen LogP) is 2.29. The van der Waals surface area contributed by atoms with Crippen molar-refractivity contribution in [2.75, 3.05) is 11.4 Å². The molecule has 6 nitrogen and oxygen atoms in total. The van der Waals surface area contributed by atoms with Crippen molar-refractivity contribution in [3.8, 4) is 0 Å². The van der Waals surface area contributed by atoms with Gasteiger partial charge in [-0.05, 0) is 25.0 Å². The van der Waals surface area contributed by atoms with Gasteiger partial charge in [-0.25, -0.2) is 4.98 Å². The first-order valence-electron chi connectivity index (χ1n) is 8.86. The second-order valence-corrected chi connectivity index (χ2v) is 6.99. The molecule has 0 bridgehead atoms. The number of carbonyl (C=O) groups is 2. The van der Waals surface area contributed by atoms with Gasteiger partial charge in [0.1, 0.15) is 5.82 Å². The number of nitrogens with zero attached hydrogens (tertiary/aromatic N) is 2. The van der Waals surface area contributed by atoms with Gasteiger partial charge in [-0.1, -0.05) is 32.0 Å². The summed E-state index contributed by atoms with van der Waals surface area (Å²) >= 11 is 0. The zero-order valence-electron chi connectivity index (χ0n) is 15.3. The molecule has 1 aliphatic rings. The van der Waals surface area contributed by atoms with Crippen molar-refractivity contribution in [3.63, 3.8) is 0 Å². The molecule has 0 unspecified atom stereocenters. The summed E-state index contributed by atoms with van der Waals surface area (Å²) < 4.78 is 0. The van der Waals surface area contributed by atoms with Crippen LogP contribution in [-0.4, -0.2) is 28.2 Å². The van der Waals surface area contributed by atoms with Crippen molar-refractivity contribution in [1.29, 1.82) is 0 Å². The Morgan fingerprint density at radius 2 is 2.00 bits per heavy atom. The Hall–Kier alpha value is -2.76. The first kappa shape index (κ1) is 18.0. The standard InChI is InChI=1S/C20H23N3O3/c1-12(2)19-21-13(3)16(20(26)22-19)8-9-18(25)23-11-15(24)10-14-6-4-5-7-17(14)23/h4-7,12H,8-11H2,1-3H3,(H,21,22,26). The minimum atomic E-state index is -0.191. The average Bonchev–Trinajstić information content (AvgIpc) is 2.59. The highest BCUT2D eigenvalue weighted by Gasteiger charge is 2.26. The third kappa shape index (κ3) is 3.59. The van der Waals surface area contributed by atoms with Crippen LogP contribution in [0.3, 0.4) is 0 Å². The lowest BCUT2D eigenvalue weighted by Gasteiger charge is -2.28. The summed E-state index contributed by atoms with van der Waals surface area (Å²) in [5.41, 5.74) is 2.65. The molecule has 1 aliphatic heterocycles. The monoisotopic (exact) mass is 353 g/mol. The molecule has 26 heavy (non-hydrogen) atoms. The number of nitrogens with one attached hydrogen (secondary N) is 1. The number of H-pyrrole nitrogens is 1. The second-order valence-electron chi connectivity index (χ2n) is 6.99. The topological polar surface area (TPSA) is 83.1 Å². The summed E-state index contributed by atoms with van der Waals surface area (Å²) in [6, 6.07) is 7.45. The van der Waals surface area contributed by atoms with E-state index in [1.165, 1.54) is 4.90 Å². The van der Waals surface area contributed by atoms with Crippen LogP contribution < -0.4 is 10.5 Å². The Bertz CT molecular complexity index is 915. The van der Waals surface area contributed by atoms with E-state index in [1.807, 2.05) is 38.1 Å². The summed E-state index contributed by atoms with van der Waals surface area (Å²) in [7, 11) is 0. The highest BCUT2D eigenvalue weighted by Crippen LogP contribution is 2.26. The van der Waals surface area contributed by atoms with E-state index in [0.29, 0.717) is 29.9 Å². The van der Waals surface area contributed by atoms with E-state index in [-0.39, 0.29) is 36.1 Å². The Balaban J connectivity index is 1.78. The molecule has 2 heterocycles. The minimum absolute atomic E-state index is 0.0223. The van der Waals surface area contributed by atoms with Crippen LogP contribution >= 0.6 is 0 Å². The Morgan fingerprint density at radius 3 is 2.69 bits per heavy atom. The van der Waals surface area contributed by atoms with Crippen molar-refractivity contribution in [1.82, 2.24) is 9.97 Å². The lowest BCUT2D eigenvalue weighted by Crippen LogP contribution is -2.40. The number of aryl methyl sites for hydroxylation is 1. The third-order valence-electron chi connectivity index (χ3n) is 4.68. The number of hydrogen-bond acceptors (Lipinski definition) is 4. The zero-order valence-corrected chi connectivity index (χ0v) is 15.3. The number of anilines is 1. The predicted molar refractivity (Wildman–Crippen MR) is 99.5 cm³/mol. The maximum absolute atomic E-state index is 12.7. The van der Waals surface area contributed by atoms with E-state index in [2.05, 4.69) is 9.97 Å². The highest BCUT2D eigenvalue weighted by atomic mass is 16.2. The molecule has 2 aromatic rings. The molecule has 0 aliphatic carbocycles. The maximum atomic E-state index is 12.7. The van der Waals surface area contributed by atoms with Crippen LogP contribution in [0.1, 0.15) is 48.8 Å². The number of hydrogen-bond donors (Lipinski definition) is 1. The largest absolute Gasteiger partial charge is 0.310 e.